The minimum atomic E-state index is -0.368. The van der Waals surface area contributed by atoms with Crippen molar-refractivity contribution in [2.45, 2.75) is 53.2 Å². The third-order valence-corrected chi connectivity index (χ3v) is 4.70. The highest BCUT2D eigenvalue weighted by atomic mass is 16.5. The summed E-state index contributed by atoms with van der Waals surface area (Å²) in [5.41, 5.74) is 2.87. The van der Waals surface area contributed by atoms with Crippen molar-refractivity contribution < 1.29 is 13.9 Å². The summed E-state index contributed by atoms with van der Waals surface area (Å²) in [6, 6.07) is 1.97. The lowest BCUT2D eigenvalue weighted by Crippen LogP contribution is -2.42. The summed E-state index contributed by atoms with van der Waals surface area (Å²) in [7, 11) is 0. The fraction of sp³-hybridized carbons (Fsp3) is 0.611. The van der Waals surface area contributed by atoms with Gasteiger partial charge in [0.2, 0.25) is 11.8 Å². The Kier molecular flexibility index (Phi) is 4.94. The van der Waals surface area contributed by atoms with Gasteiger partial charge in [-0.25, -0.2) is 0 Å². The molecule has 1 saturated heterocycles. The largest absolute Gasteiger partial charge is 0.422 e. The van der Waals surface area contributed by atoms with Crippen molar-refractivity contribution in [3.05, 3.63) is 34.8 Å². The molecule has 0 saturated carbocycles. The van der Waals surface area contributed by atoms with Gasteiger partial charge in [0.25, 0.3) is 5.91 Å². The second-order valence-corrected chi connectivity index (χ2v) is 6.77. The summed E-state index contributed by atoms with van der Waals surface area (Å²) >= 11 is 0. The minimum absolute atomic E-state index is 0.0321. The van der Waals surface area contributed by atoms with Crippen molar-refractivity contribution >= 4 is 5.91 Å². The molecule has 1 amide bonds. The quantitative estimate of drug-likeness (QED) is 0.851. The molecule has 3 rings (SSSR count). The predicted molar refractivity (Wildman–Crippen MR) is 92.6 cm³/mol. The molecule has 7 heteroatoms. The lowest BCUT2D eigenvalue weighted by atomic mass is 10.2. The van der Waals surface area contributed by atoms with E-state index in [1.54, 1.807) is 0 Å². The Morgan fingerprint density at radius 2 is 2.12 bits per heavy atom. The van der Waals surface area contributed by atoms with Crippen LogP contribution in [0.2, 0.25) is 0 Å². The number of hydrogen-bond acceptors (Lipinski definition) is 5. The van der Waals surface area contributed by atoms with Gasteiger partial charge in [-0.3, -0.25) is 4.79 Å². The molecule has 1 fully saturated rings. The molecular formula is C18H26N4O3. The first-order valence-electron chi connectivity index (χ1n) is 8.83. The van der Waals surface area contributed by atoms with E-state index in [4.69, 9.17) is 9.15 Å². The lowest BCUT2D eigenvalue weighted by molar-refractivity contribution is -0.0351. The first-order chi connectivity index (χ1) is 11.9. The van der Waals surface area contributed by atoms with Crippen LogP contribution in [0.1, 0.15) is 66.3 Å². The second kappa shape index (κ2) is 7.00. The SMILES string of the molecule is CCn1c(C)cc(C(=O)N2CCOC(c3nnc(C(C)C)o3)C2)c1C. The maximum absolute atomic E-state index is 13.0. The zero-order chi connectivity index (χ0) is 18.1. The van der Waals surface area contributed by atoms with E-state index < -0.39 is 0 Å². The molecule has 0 radical (unpaired) electrons. The van der Waals surface area contributed by atoms with Gasteiger partial charge >= 0.3 is 0 Å². The van der Waals surface area contributed by atoms with E-state index in [-0.39, 0.29) is 17.9 Å². The van der Waals surface area contributed by atoms with E-state index in [1.807, 2.05) is 38.7 Å². The molecule has 3 heterocycles. The average molecular weight is 346 g/mol. The number of carbonyl (C=O) groups is 1. The van der Waals surface area contributed by atoms with Gasteiger partial charge in [-0.15, -0.1) is 10.2 Å². The van der Waals surface area contributed by atoms with Crippen molar-refractivity contribution in [2.24, 2.45) is 0 Å². The predicted octanol–water partition coefficient (Wildman–Crippen LogP) is 2.84. The van der Waals surface area contributed by atoms with Crippen LogP contribution in [-0.4, -0.2) is 45.3 Å². The summed E-state index contributed by atoms with van der Waals surface area (Å²) < 4.78 is 13.6. The van der Waals surface area contributed by atoms with Crippen LogP contribution in [0.25, 0.3) is 0 Å². The highest BCUT2D eigenvalue weighted by Crippen LogP contribution is 2.25. The summed E-state index contributed by atoms with van der Waals surface area (Å²) in [6.07, 6.45) is -0.368. The van der Waals surface area contributed by atoms with Gasteiger partial charge in [0.1, 0.15) is 0 Å². The molecule has 1 aliphatic rings. The van der Waals surface area contributed by atoms with Crippen LogP contribution in [0.5, 0.6) is 0 Å². The zero-order valence-corrected chi connectivity index (χ0v) is 15.6. The fourth-order valence-electron chi connectivity index (χ4n) is 3.27. The monoisotopic (exact) mass is 346 g/mol. The number of nitrogens with zero attached hydrogens (tertiary/aromatic N) is 4. The summed E-state index contributed by atoms with van der Waals surface area (Å²) in [6.45, 7) is 12.4. The van der Waals surface area contributed by atoms with E-state index >= 15 is 0 Å². The Balaban J connectivity index is 1.77. The van der Waals surface area contributed by atoms with Crippen LogP contribution in [0.15, 0.2) is 10.5 Å². The number of hydrogen-bond donors (Lipinski definition) is 0. The smallest absolute Gasteiger partial charge is 0.255 e. The van der Waals surface area contributed by atoms with Gasteiger partial charge in [-0.05, 0) is 26.8 Å². The Morgan fingerprint density at radius 3 is 2.72 bits per heavy atom. The van der Waals surface area contributed by atoms with Crippen LogP contribution >= 0.6 is 0 Å². The van der Waals surface area contributed by atoms with Gasteiger partial charge in [-0.1, -0.05) is 13.8 Å². The molecule has 2 aromatic heterocycles. The second-order valence-electron chi connectivity index (χ2n) is 6.77. The molecule has 0 N–H and O–H groups in total. The Hall–Kier alpha value is -2.15. The topological polar surface area (TPSA) is 73.4 Å². The summed E-state index contributed by atoms with van der Waals surface area (Å²) in [5, 5.41) is 8.15. The van der Waals surface area contributed by atoms with Crippen molar-refractivity contribution in [1.82, 2.24) is 19.7 Å². The molecule has 1 aliphatic heterocycles. The zero-order valence-electron chi connectivity index (χ0n) is 15.6. The number of rotatable bonds is 4. The van der Waals surface area contributed by atoms with Gasteiger partial charge in [0, 0.05) is 30.4 Å². The molecule has 1 unspecified atom stereocenters. The standard InChI is InChI=1S/C18H26N4O3/c1-6-22-12(4)9-14(13(22)5)18(23)21-7-8-24-15(10-21)17-20-19-16(25-17)11(2)3/h9,11,15H,6-8,10H2,1-5H3. The highest BCUT2D eigenvalue weighted by molar-refractivity contribution is 5.95. The van der Waals surface area contributed by atoms with E-state index in [0.717, 1.165) is 23.5 Å². The van der Waals surface area contributed by atoms with Crippen molar-refractivity contribution in [1.29, 1.82) is 0 Å². The third-order valence-electron chi connectivity index (χ3n) is 4.70. The highest BCUT2D eigenvalue weighted by Gasteiger charge is 2.31. The molecule has 0 spiro atoms. The number of amides is 1. The molecule has 2 aromatic rings. The number of aryl methyl sites for hydroxylation is 1. The van der Waals surface area contributed by atoms with Crippen molar-refractivity contribution in [3.63, 3.8) is 0 Å². The maximum Gasteiger partial charge on any atom is 0.255 e. The van der Waals surface area contributed by atoms with Gasteiger partial charge in [-0.2, -0.15) is 0 Å². The molecule has 25 heavy (non-hydrogen) atoms. The average Bonchev–Trinajstić information content (AvgIpc) is 3.19. The fourth-order valence-corrected chi connectivity index (χ4v) is 3.27. The first-order valence-corrected chi connectivity index (χ1v) is 8.83. The van der Waals surface area contributed by atoms with Gasteiger partial charge in [0.15, 0.2) is 6.10 Å². The first kappa shape index (κ1) is 17.7. The molecule has 0 bridgehead atoms. The molecule has 0 aliphatic carbocycles. The van der Waals surface area contributed by atoms with Crippen LogP contribution in [0.4, 0.5) is 0 Å². The number of morpholine rings is 1. The molecule has 7 nitrogen and oxygen atoms in total. The number of ether oxygens (including phenoxy) is 1. The van der Waals surface area contributed by atoms with Crippen LogP contribution in [-0.2, 0) is 11.3 Å². The summed E-state index contributed by atoms with van der Waals surface area (Å²) in [5.74, 6) is 1.24. The van der Waals surface area contributed by atoms with Crippen LogP contribution in [0, 0.1) is 13.8 Å². The van der Waals surface area contributed by atoms with Crippen molar-refractivity contribution in [2.75, 3.05) is 19.7 Å². The number of aromatic nitrogens is 3. The van der Waals surface area contributed by atoms with E-state index in [0.29, 0.717) is 31.5 Å². The normalized spacial score (nSPS) is 18.2. The molecule has 1 atom stereocenters. The maximum atomic E-state index is 13.0. The Morgan fingerprint density at radius 1 is 1.36 bits per heavy atom. The van der Waals surface area contributed by atoms with Gasteiger partial charge in [0.05, 0.1) is 18.7 Å². The van der Waals surface area contributed by atoms with Crippen LogP contribution in [0.3, 0.4) is 0 Å². The lowest BCUT2D eigenvalue weighted by Gasteiger charge is -2.31. The Labute approximate surface area is 148 Å². The third kappa shape index (κ3) is 3.33. The number of carbonyl (C=O) groups excluding carboxylic acids is 1. The van der Waals surface area contributed by atoms with E-state index in [2.05, 4.69) is 21.7 Å². The van der Waals surface area contributed by atoms with E-state index in [1.165, 1.54) is 0 Å². The molecule has 136 valence electrons. The summed E-state index contributed by atoms with van der Waals surface area (Å²) in [4.78, 5) is 14.8. The Bertz CT molecular complexity index is 762. The minimum Gasteiger partial charge on any atom is -0.422 e. The van der Waals surface area contributed by atoms with Crippen molar-refractivity contribution in [3.8, 4) is 0 Å². The molecular weight excluding hydrogens is 320 g/mol. The van der Waals surface area contributed by atoms with E-state index in [9.17, 15) is 4.79 Å². The van der Waals surface area contributed by atoms with Crippen LogP contribution < -0.4 is 0 Å². The van der Waals surface area contributed by atoms with Gasteiger partial charge < -0.3 is 18.6 Å². The molecule has 0 aromatic carbocycles.